The summed E-state index contributed by atoms with van der Waals surface area (Å²) in [6, 6.07) is 35.8. The molecular weight excluding hydrogens is 410 g/mol. The van der Waals surface area contributed by atoms with Gasteiger partial charge in [0.2, 0.25) is 0 Å². The molecule has 4 aromatic carbocycles. The first kappa shape index (κ1) is 17.7. The minimum atomic E-state index is 0.887. The van der Waals surface area contributed by atoms with Gasteiger partial charge in [0.05, 0.1) is 11.4 Å². The van der Waals surface area contributed by atoms with Crippen LogP contribution >= 0.6 is 11.3 Å². The zero-order valence-electron chi connectivity index (χ0n) is 17.1. The molecule has 0 aliphatic rings. The number of thiophene rings is 1. The van der Waals surface area contributed by atoms with Gasteiger partial charge in [-0.15, -0.1) is 11.3 Å². The smallest absolute Gasteiger partial charge is 0.144 e. The molecule has 0 unspecified atom stereocenters. The molecule has 150 valence electrons. The third-order valence-corrected chi connectivity index (χ3v) is 7.33. The van der Waals surface area contributed by atoms with Gasteiger partial charge >= 0.3 is 0 Å². The largest absolute Gasteiger partial charge is 0.455 e. The molecule has 0 N–H and O–H groups in total. The Kier molecular flexibility index (Phi) is 3.75. The Bertz CT molecular complexity index is 1660. The Morgan fingerprint density at radius 3 is 2.09 bits per heavy atom. The maximum Gasteiger partial charge on any atom is 0.144 e. The normalized spacial score (nSPS) is 11.8. The molecule has 32 heavy (non-hydrogen) atoms. The Labute approximate surface area is 188 Å². The van der Waals surface area contributed by atoms with Crippen LogP contribution in [0, 0.1) is 0 Å². The second kappa shape index (κ2) is 6.78. The third kappa shape index (κ3) is 2.55. The van der Waals surface area contributed by atoms with Crippen molar-refractivity contribution in [1.29, 1.82) is 0 Å². The Morgan fingerprint density at radius 1 is 0.531 bits per heavy atom. The highest BCUT2D eigenvalue weighted by atomic mass is 32.1. The number of benzene rings is 4. The van der Waals surface area contributed by atoms with Gasteiger partial charge in [-0.25, -0.2) is 4.98 Å². The lowest BCUT2D eigenvalue weighted by atomic mass is 10.0. The summed E-state index contributed by atoms with van der Waals surface area (Å²) in [7, 11) is 0. The topological polar surface area (TPSA) is 26.0 Å². The van der Waals surface area contributed by atoms with Crippen LogP contribution in [-0.4, -0.2) is 4.98 Å². The molecule has 0 spiro atoms. The van der Waals surface area contributed by atoms with Crippen molar-refractivity contribution in [1.82, 2.24) is 4.98 Å². The number of aromatic nitrogens is 1. The predicted molar refractivity (Wildman–Crippen MR) is 135 cm³/mol. The zero-order chi connectivity index (χ0) is 21.1. The van der Waals surface area contributed by atoms with E-state index >= 15 is 0 Å². The predicted octanol–water partition coefficient (Wildman–Crippen LogP) is 8.68. The first-order chi connectivity index (χ1) is 15.9. The van der Waals surface area contributed by atoms with E-state index in [1.54, 1.807) is 0 Å². The van der Waals surface area contributed by atoms with Crippen molar-refractivity contribution in [2.24, 2.45) is 0 Å². The molecule has 0 fully saturated rings. The number of rotatable bonds is 2. The third-order valence-electron chi connectivity index (χ3n) is 6.11. The van der Waals surface area contributed by atoms with Gasteiger partial charge < -0.3 is 4.42 Å². The van der Waals surface area contributed by atoms with Gasteiger partial charge in [-0.3, -0.25) is 0 Å². The van der Waals surface area contributed by atoms with E-state index in [1.807, 2.05) is 23.5 Å². The van der Waals surface area contributed by atoms with E-state index in [-0.39, 0.29) is 0 Å². The number of fused-ring (bicyclic) bond motifs is 6. The summed E-state index contributed by atoms with van der Waals surface area (Å²) in [6.45, 7) is 0. The van der Waals surface area contributed by atoms with E-state index in [0.717, 1.165) is 38.9 Å². The van der Waals surface area contributed by atoms with Gasteiger partial charge in [0.25, 0.3) is 0 Å². The van der Waals surface area contributed by atoms with Crippen LogP contribution in [0.3, 0.4) is 0 Å². The molecule has 3 heterocycles. The highest BCUT2D eigenvalue weighted by Crippen LogP contribution is 2.40. The maximum atomic E-state index is 6.26. The average molecular weight is 428 g/mol. The molecule has 3 aromatic heterocycles. The molecule has 0 atom stereocenters. The minimum absolute atomic E-state index is 0.887. The number of pyridine rings is 1. The van der Waals surface area contributed by atoms with Crippen molar-refractivity contribution in [3.05, 3.63) is 103 Å². The lowest BCUT2D eigenvalue weighted by molar-refractivity contribution is 0.670. The van der Waals surface area contributed by atoms with Gasteiger partial charge in [0.15, 0.2) is 0 Å². The molecular formula is C29H17NOS. The van der Waals surface area contributed by atoms with Crippen LogP contribution in [0.1, 0.15) is 0 Å². The highest BCUT2D eigenvalue weighted by Gasteiger charge is 2.15. The summed E-state index contributed by atoms with van der Waals surface area (Å²) in [5.41, 5.74) is 5.88. The molecule has 0 saturated heterocycles. The summed E-state index contributed by atoms with van der Waals surface area (Å²) in [4.78, 5) is 5.10. The van der Waals surface area contributed by atoms with Gasteiger partial charge in [0, 0.05) is 42.1 Å². The van der Waals surface area contributed by atoms with Crippen LogP contribution in [0.4, 0.5) is 0 Å². The lowest BCUT2D eigenvalue weighted by Crippen LogP contribution is -1.88. The molecule has 0 radical (unpaired) electrons. The van der Waals surface area contributed by atoms with E-state index < -0.39 is 0 Å². The number of para-hydroxylation sites is 2. The Morgan fingerprint density at radius 2 is 1.19 bits per heavy atom. The van der Waals surface area contributed by atoms with Crippen molar-refractivity contribution in [2.75, 3.05) is 0 Å². The standard InChI is InChI=1S/C29H17NOS/c1-3-16-26-18(8-1)20-10-5-12-22(28(20)31-26)24-14-7-15-25(30-24)23-13-6-11-21-19-9-2-4-17-27(19)32-29(21)23/h1-17H. The average Bonchev–Trinajstić information content (AvgIpc) is 3.42. The first-order valence-electron chi connectivity index (χ1n) is 10.7. The molecule has 0 bridgehead atoms. The molecule has 0 aliphatic heterocycles. The zero-order valence-corrected chi connectivity index (χ0v) is 17.9. The van der Waals surface area contributed by atoms with Gasteiger partial charge in [0.1, 0.15) is 11.2 Å². The quantitative estimate of drug-likeness (QED) is 0.276. The minimum Gasteiger partial charge on any atom is -0.455 e. The summed E-state index contributed by atoms with van der Waals surface area (Å²) in [5.74, 6) is 0. The van der Waals surface area contributed by atoms with Crippen LogP contribution in [0.15, 0.2) is 108 Å². The van der Waals surface area contributed by atoms with Crippen LogP contribution in [-0.2, 0) is 0 Å². The van der Waals surface area contributed by atoms with Crippen LogP contribution < -0.4 is 0 Å². The van der Waals surface area contributed by atoms with Crippen LogP contribution in [0.25, 0.3) is 64.6 Å². The van der Waals surface area contributed by atoms with E-state index in [9.17, 15) is 0 Å². The van der Waals surface area contributed by atoms with Crippen molar-refractivity contribution in [2.45, 2.75) is 0 Å². The molecule has 2 nitrogen and oxygen atoms in total. The Hall–Kier alpha value is -3.95. The first-order valence-corrected chi connectivity index (χ1v) is 11.5. The summed E-state index contributed by atoms with van der Waals surface area (Å²) < 4.78 is 8.84. The van der Waals surface area contributed by atoms with E-state index in [1.165, 1.54) is 25.7 Å². The second-order valence-electron chi connectivity index (χ2n) is 7.97. The number of hydrogen-bond acceptors (Lipinski definition) is 3. The van der Waals surface area contributed by atoms with Gasteiger partial charge in [-0.1, -0.05) is 72.8 Å². The van der Waals surface area contributed by atoms with Crippen molar-refractivity contribution in [3.63, 3.8) is 0 Å². The van der Waals surface area contributed by atoms with Gasteiger partial charge in [-0.05, 0) is 30.3 Å². The van der Waals surface area contributed by atoms with Crippen LogP contribution in [0.2, 0.25) is 0 Å². The highest BCUT2D eigenvalue weighted by molar-refractivity contribution is 7.26. The molecule has 7 rings (SSSR count). The summed E-state index contributed by atoms with van der Waals surface area (Å²) in [5, 5.41) is 4.85. The number of nitrogens with zero attached hydrogens (tertiary/aromatic N) is 1. The monoisotopic (exact) mass is 427 g/mol. The SMILES string of the molecule is c1cc(-c2cccc3c2oc2ccccc23)nc(-c2cccc3c2sc2ccccc23)c1. The second-order valence-corrected chi connectivity index (χ2v) is 9.02. The number of furan rings is 1. The summed E-state index contributed by atoms with van der Waals surface area (Å²) in [6.07, 6.45) is 0. The van der Waals surface area contributed by atoms with Crippen LogP contribution in [0.5, 0.6) is 0 Å². The van der Waals surface area contributed by atoms with Crippen molar-refractivity contribution in [3.8, 4) is 22.5 Å². The number of hydrogen-bond donors (Lipinski definition) is 0. The Balaban J connectivity index is 1.45. The lowest BCUT2D eigenvalue weighted by Gasteiger charge is -2.07. The molecule has 0 aliphatic carbocycles. The van der Waals surface area contributed by atoms with Gasteiger partial charge in [-0.2, -0.15) is 0 Å². The fourth-order valence-electron chi connectivity index (χ4n) is 4.63. The van der Waals surface area contributed by atoms with E-state index in [4.69, 9.17) is 9.40 Å². The maximum absolute atomic E-state index is 6.26. The molecule has 0 saturated carbocycles. The van der Waals surface area contributed by atoms with Crippen molar-refractivity contribution < 1.29 is 4.42 Å². The fraction of sp³-hybridized carbons (Fsp3) is 0. The molecule has 7 aromatic rings. The van der Waals surface area contributed by atoms with E-state index in [0.29, 0.717) is 0 Å². The van der Waals surface area contributed by atoms with Crippen molar-refractivity contribution >= 4 is 53.4 Å². The summed E-state index contributed by atoms with van der Waals surface area (Å²) >= 11 is 1.83. The molecule has 3 heteroatoms. The fourth-order valence-corrected chi connectivity index (χ4v) is 5.86. The van der Waals surface area contributed by atoms with E-state index in [2.05, 4.69) is 91.0 Å². The molecule has 0 amide bonds.